The van der Waals surface area contributed by atoms with Crippen molar-refractivity contribution in [2.45, 2.75) is 26.5 Å². The van der Waals surface area contributed by atoms with Crippen LogP contribution in [0.4, 0.5) is 6.01 Å². The molecule has 1 N–H and O–H groups in total. The fraction of sp³-hybridized carbons (Fsp3) is 0.294. The Morgan fingerprint density at radius 2 is 1.92 bits per heavy atom. The average Bonchev–Trinajstić information content (AvgIpc) is 3.26. The Hall–Kier alpha value is -2.96. The molecule has 3 rings (SSSR count). The van der Waals surface area contributed by atoms with Crippen molar-refractivity contribution >= 4 is 6.01 Å². The first-order valence-corrected chi connectivity index (χ1v) is 7.73. The summed E-state index contributed by atoms with van der Waals surface area (Å²) < 4.78 is 22.0. The Balaban J connectivity index is 1.55. The van der Waals surface area contributed by atoms with Crippen molar-refractivity contribution in [1.29, 1.82) is 0 Å². The predicted octanol–water partition coefficient (Wildman–Crippen LogP) is 3.81. The van der Waals surface area contributed by atoms with E-state index < -0.39 is 0 Å². The molecule has 7 heteroatoms. The van der Waals surface area contributed by atoms with Gasteiger partial charge in [-0.1, -0.05) is 5.10 Å². The van der Waals surface area contributed by atoms with Crippen LogP contribution < -0.4 is 14.8 Å². The third kappa shape index (κ3) is 4.07. The fourth-order valence-electron chi connectivity index (χ4n) is 2.08. The monoisotopic (exact) mass is 329 g/mol. The Kier molecular flexibility index (Phi) is 5.00. The van der Waals surface area contributed by atoms with Crippen LogP contribution in [-0.4, -0.2) is 16.8 Å². The predicted molar refractivity (Wildman–Crippen MR) is 87.0 cm³/mol. The number of furan rings is 1. The van der Waals surface area contributed by atoms with E-state index >= 15 is 0 Å². The third-order valence-electron chi connectivity index (χ3n) is 3.23. The van der Waals surface area contributed by atoms with Crippen molar-refractivity contribution in [1.82, 2.24) is 10.2 Å². The van der Waals surface area contributed by atoms with Crippen molar-refractivity contribution in [2.24, 2.45) is 0 Å². The number of anilines is 1. The minimum absolute atomic E-state index is 0.323. The van der Waals surface area contributed by atoms with Crippen LogP contribution >= 0.6 is 0 Å². The van der Waals surface area contributed by atoms with Crippen LogP contribution in [0.15, 0.2) is 51.5 Å². The van der Waals surface area contributed by atoms with E-state index in [1.807, 2.05) is 50.2 Å². The number of rotatable bonds is 8. The molecule has 0 saturated heterocycles. The molecular weight excluding hydrogens is 310 g/mol. The second kappa shape index (κ2) is 7.54. The minimum atomic E-state index is -0.366. The maximum Gasteiger partial charge on any atom is 0.315 e. The van der Waals surface area contributed by atoms with Crippen molar-refractivity contribution < 1.29 is 18.3 Å². The highest BCUT2D eigenvalue weighted by molar-refractivity contribution is 5.31. The molecule has 1 aromatic carbocycles. The van der Waals surface area contributed by atoms with Crippen LogP contribution in [0.1, 0.15) is 31.6 Å². The van der Waals surface area contributed by atoms with E-state index in [1.165, 1.54) is 0 Å². The Bertz CT molecular complexity index is 738. The SMILES string of the molecule is CCOc1ccc(OC(C)c2nnc(NCc3ccco3)o2)cc1. The number of ether oxygens (including phenoxy) is 2. The second-order valence-electron chi connectivity index (χ2n) is 5.04. The first kappa shape index (κ1) is 15.9. The molecule has 0 amide bonds. The number of nitrogens with zero attached hydrogens (tertiary/aromatic N) is 2. The van der Waals surface area contributed by atoms with Gasteiger partial charge in [0.15, 0.2) is 6.10 Å². The molecule has 24 heavy (non-hydrogen) atoms. The lowest BCUT2D eigenvalue weighted by molar-refractivity contribution is 0.189. The number of aromatic nitrogens is 2. The quantitative estimate of drug-likeness (QED) is 0.672. The maximum absolute atomic E-state index is 5.80. The molecule has 0 radical (unpaired) electrons. The normalized spacial score (nSPS) is 11.9. The van der Waals surface area contributed by atoms with Gasteiger partial charge in [-0.05, 0) is 50.2 Å². The molecular formula is C17H19N3O4. The van der Waals surface area contributed by atoms with E-state index in [0.717, 1.165) is 11.5 Å². The zero-order chi connectivity index (χ0) is 16.8. The molecule has 2 heterocycles. The van der Waals surface area contributed by atoms with Crippen LogP contribution in [-0.2, 0) is 6.54 Å². The van der Waals surface area contributed by atoms with Gasteiger partial charge in [0.2, 0.25) is 0 Å². The third-order valence-corrected chi connectivity index (χ3v) is 3.23. The molecule has 0 aliphatic carbocycles. The number of nitrogens with one attached hydrogen (secondary N) is 1. The summed E-state index contributed by atoms with van der Waals surface area (Å²) in [4.78, 5) is 0. The molecule has 7 nitrogen and oxygen atoms in total. The smallest absolute Gasteiger partial charge is 0.315 e. The molecule has 1 atom stereocenters. The van der Waals surface area contributed by atoms with E-state index in [1.54, 1.807) is 6.26 Å². The van der Waals surface area contributed by atoms with Gasteiger partial charge < -0.3 is 23.6 Å². The van der Waals surface area contributed by atoms with Gasteiger partial charge >= 0.3 is 6.01 Å². The first-order valence-electron chi connectivity index (χ1n) is 7.73. The molecule has 3 aromatic rings. The van der Waals surface area contributed by atoms with Gasteiger partial charge in [-0.25, -0.2) is 0 Å². The van der Waals surface area contributed by atoms with Crippen molar-refractivity contribution in [3.63, 3.8) is 0 Å². The minimum Gasteiger partial charge on any atom is -0.494 e. The molecule has 1 unspecified atom stereocenters. The summed E-state index contributed by atoms with van der Waals surface area (Å²) in [7, 11) is 0. The number of benzene rings is 1. The van der Waals surface area contributed by atoms with Gasteiger partial charge in [-0.3, -0.25) is 0 Å². The van der Waals surface area contributed by atoms with E-state index in [-0.39, 0.29) is 6.10 Å². The zero-order valence-corrected chi connectivity index (χ0v) is 13.6. The van der Waals surface area contributed by atoms with E-state index in [2.05, 4.69) is 15.5 Å². The van der Waals surface area contributed by atoms with E-state index in [0.29, 0.717) is 30.8 Å². The Labute approximate surface area is 139 Å². The number of hydrogen-bond donors (Lipinski definition) is 1. The van der Waals surface area contributed by atoms with E-state index in [9.17, 15) is 0 Å². The molecule has 0 fully saturated rings. The molecule has 126 valence electrons. The second-order valence-corrected chi connectivity index (χ2v) is 5.04. The Morgan fingerprint density at radius 1 is 1.12 bits per heavy atom. The molecule has 0 aliphatic heterocycles. The average molecular weight is 329 g/mol. The highest BCUT2D eigenvalue weighted by atomic mass is 16.5. The van der Waals surface area contributed by atoms with Gasteiger partial charge in [0.05, 0.1) is 19.4 Å². The highest BCUT2D eigenvalue weighted by Gasteiger charge is 2.16. The lowest BCUT2D eigenvalue weighted by Crippen LogP contribution is -2.03. The van der Waals surface area contributed by atoms with Crippen LogP contribution in [0.25, 0.3) is 0 Å². The van der Waals surface area contributed by atoms with Gasteiger partial charge in [0.25, 0.3) is 5.89 Å². The van der Waals surface area contributed by atoms with Crippen molar-refractivity contribution in [2.75, 3.05) is 11.9 Å². The molecule has 0 saturated carbocycles. The van der Waals surface area contributed by atoms with Crippen LogP contribution in [0.2, 0.25) is 0 Å². The topological polar surface area (TPSA) is 82.5 Å². The van der Waals surface area contributed by atoms with Crippen molar-refractivity contribution in [3.8, 4) is 11.5 Å². The summed E-state index contributed by atoms with van der Waals surface area (Å²) in [5.74, 6) is 2.69. The standard InChI is InChI=1S/C17H19N3O4/c1-3-21-13-6-8-14(9-7-13)23-12(2)16-19-20-17(24-16)18-11-15-5-4-10-22-15/h4-10,12H,3,11H2,1-2H3,(H,18,20). The van der Waals surface area contributed by atoms with Crippen LogP contribution in [0.5, 0.6) is 11.5 Å². The zero-order valence-electron chi connectivity index (χ0n) is 13.6. The first-order chi connectivity index (χ1) is 11.7. The Morgan fingerprint density at radius 3 is 2.62 bits per heavy atom. The lowest BCUT2D eigenvalue weighted by Gasteiger charge is -2.11. The van der Waals surface area contributed by atoms with Gasteiger partial charge in [-0.15, -0.1) is 5.10 Å². The largest absolute Gasteiger partial charge is 0.494 e. The highest BCUT2D eigenvalue weighted by Crippen LogP contribution is 2.24. The summed E-state index contributed by atoms with van der Waals surface area (Å²) in [6, 6.07) is 11.4. The molecule has 0 spiro atoms. The lowest BCUT2D eigenvalue weighted by atomic mass is 10.3. The van der Waals surface area contributed by atoms with Gasteiger partial charge in [-0.2, -0.15) is 0 Å². The maximum atomic E-state index is 5.80. The summed E-state index contributed by atoms with van der Waals surface area (Å²) in [5.41, 5.74) is 0. The summed E-state index contributed by atoms with van der Waals surface area (Å²) in [6.07, 6.45) is 1.25. The van der Waals surface area contributed by atoms with Crippen LogP contribution in [0, 0.1) is 0 Å². The van der Waals surface area contributed by atoms with Gasteiger partial charge in [0.1, 0.15) is 17.3 Å². The van der Waals surface area contributed by atoms with E-state index in [4.69, 9.17) is 18.3 Å². The molecule has 0 bridgehead atoms. The number of hydrogen-bond acceptors (Lipinski definition) is 7. The summed E-state index contributed by atoms with van der Waals surface area (Å²) >= 11 is 0. The van der Waals surface area contributed by atoms with Crippen LogP contribution in [0.3, 0.4) is 0 Å². The van der Waals surface area contributed by atoms with Gasteiger partial charge in [0, 0.05) is 0 Å². The fourth-order valence-corrected chi connectivity index (χ4v) is 2.08. The van der Waals surface area contributed by atoms with Crippen molar-refractivity contribution in [3.05, 3.63) is 54.3 Å². The summed E-state index contributed by atoms with van der Waals surface area (Å²) in [5, 5.41) is 10.9. The molecule has 2 aromatic heterocycles. The molecule has 0 aliphatic rings. The summed E-state index contributed by atoms with van der Waals surface area (Å²) in [6.45, 7) is 4.90.